The van der Waals surface area contributed by atoms with Gasteiger partial charge in [0.05, 0.1) is 11.8 Å². The maximum Gasteiger partial charge on any atom is 0.210 e. The number of hydrogen-bond donors (Lipinski definition) is 0. The van der Waals surface area contributed by atoms with Crippen molar-refractivity contribution in [3.05, 3.63) is 23.0 Å². The van der Waals surface area contributed by atoms with Crippen molar-refractivity contribution >= 4 is 17.5 Å². The lowest BCUT2D eigenvalue weighted by atomic mass is 10.2. The molecule has 0 aromatic carbocycles. The third-order valence-corrected chi connectivity index (χ3v) is 5.32. The zero-order valence-corrected chi connectivity index (χ0v) is 13.6. The van der Waals surface area contributed by atoms with Crippen molar-refractivity contribution < 1.29 is 4.79 Å². The van der Waals surface area contributed by atoms with Gasteiger partial charge in [-0.25, -0.2) is 4.68 Å². The van der Waals surface area contributed by atoms with Crippen LogP contribution in [0.25, 0.3) is 0 Å². The van der Waals surface area contributed by atoms with Crippen LogP contribution in [0.5, 0.6) is 0 Å². The van der Waals surface area contributed by atoms with Crippen molar-refractivity contribution in [2.45, 2.75) is 56.8 Å². The van der Waals surface area contributed by atoms with E-state index in [1.165, 1.54) is 30.3 Å². The number of carbonyl (C=O) groups is 1. The summed E-state index contributed by atoms with van der Waals surface area (Å²) in [7, 11) is 0. The van der Waals surface area contributed by atoms with Gasteiger partial charge in [-0.05, 0) is 56.0 Å². The quantitative estimate of drug-likeness (QED) is 0.605. The van der Waals surface area contributed by atoms with Gasteiger partial charge in [-0.15, -0.1) is 5.10 Å². The molecule has 0 saturated heterocycles. The second kappa shape index (κ2) is 5.22. The number of Topliss-reactive ketones (excluding diaryl/α,β-unsaturated/α-hetero) is 1. The van der Waals surface area contributed by atoms with E-state index < -0.39 is 0 Å². The topological polar surface area (TPSA) is 65.6 Å². The fraction of sp³-hybridized carbons (Fsp3) is 0.600. The molecular weight excluding hydrogens is 298 g/mol. The molecule has 0 N–H and O–H groups in total. The molecule has 2 heterocycles. The lowest BCUT2D eigenvalue weighted by Gasteiger charge is -2.07. The largest absolute Gasteiger partial charge is 0.345 e. The van der Waals surface area contributed by atoms with Crippen LogP contribution < -0.4 is 0 Å². The molecule has 2 aromatic rings. The van der Waals surface area contributed by atoms with Gasteiger partial charge in [0.2, 0.25) is 5.16 Å². The molecule has 0 bridgehead atoms. The monoisotopic (exact) mass is 317 g/mol. The molecule has 2 aliphatic rings. The van der Waals surface area contributed by atoms with Crippen LogP contribution in [0.15, 0.2) is 11.2 Å². The maximum absolute atomic E-state index is 12.6. The van der Waals surface area contributed by atoms with E-state index in [0.717, 1.165) is 29.3 Å². The third-order valence-electron chi connectivity index (χ3n) is 4.38. The van der Waals surface area contributed by atoms with Gasteiger partial charge in [-0.3, -0.25) is 4.79 Å². The molecule has 2 fully saturated rings. The van der Waals surface area contributed by atoms with Crippen molar-refractivity contribution in [1.29, 1.82) is 0 Å². The summed E-state index contributed by atoms with van der Waals surface area (Å²) in [4.78, 5) is 12.6. The first-order chi connectivity index (χ1) is 10.6. The molecule has 6 nitrogen and oxygen atoms in total. The smallest absolute Gasteiger partial charge is 0.210 e. The highest BCUT2D eigenvalue weighted by Gasteiger charge is 2.30. The summed E-state index contributed by atoms with van der Waals surface area (Å²) in [6, 6.07) is 3.07. The van der Waals surface area contributed by atoms with Crippen molar-refractivity contribution in [3.63, 3.8) is 0 Å². The molecule has 0 spiro atoms. The molecule has 22 heavy (non-hydrogen) atoms. The Bertz CT molecular complexity index is 726. The highest BCUT2D eigenvalue weighted by Crippen LogP contribution is 2.39. The molecule has 2 saturated carbocycles. The normalized spacial score (nSPS) is 17.9. The molecule has 0 amide bonds. The SMILES string of the molecule is Cc1cc(C(=O)CSc2nnnn2C2CC2)c(C)n1C1CC1. The van der Waals surface area contributed by atoms with Crippen LogP contribution in [-0.4, -0.2) is 36.3 Å². The number of ketones is 1. The number of thioether (sulfide) groups is 1. The van der Waals surface area contributed by atoms with Gasteiger partial charge in [0.1, 0.15) is 0 Å². The second-order valence-electron chi connectivity index (χ2n) is 6.24. The molecule has 0 atom stereocenters. The number of tetrazole rings is 1. The summed E-state index contributed by atoms with van der Waals surface area (Å²) in [5.41, 5.74) is 3.14. The van der Waals surface area contributed by atoms with Crippen LogP contribution in [-0.2, 0) is 0 Å². The Morgan fingerprint density at radius 1 is 1.27 bits per heavy atom. The molecule has 116 valence electrons. The summed E-state index contributed by atoms with van der Waals surface area (Å²) >= 11 is 1.44. The maximum atomic E-state index is 12.6. The zero-order valence-electron chi connectivity index (χ0n) is 12.8. The van der Waals surface area contributed by atoms with E-state index in [1.54, 1.807) is 0 Å². The minimum absolute atomic E-state index is 0.162. The number of carbonyl (C=O) groups excluding carboxylic acids is 1. The van der Waals surface area contributed by atoms with E-state index in [-0.39, 0.29) is 5.78 Å². The van der Waals surface area contributed by atoms with E-state index in [0.29, 0.717) is 17.8 Å². The van der Waals surface area contributed by atoms with Gasteiger partial charge >= 0.3 is 0 Å². The van der Waals surface area contributed by atoms with Crippen LogP contribution in [0.2, 0.25) is 0 Å². The van der Waals surface area contributed by atoms with E-state index in [1.807, 2.05) is 10.7 Å². The fourth-order valence-electron chi connectivity index (χ4n) is 2.99. The Morgan fingerprint density at radius 2 is 2.00 bits per heavy atom. The van der Waals surface area contributed by atoms with Crippen LogP contribution in [0.3, 0.4) is 0 Å². The van der Waals surface area contributed by atoms with Crippen molar-refractivity contribution in [1.82, 2.24) is 24.8 Å². The minimum atomic E-state index is 0.162. The Kier molecular flexibility index (Phi) is 3.32. The van der Waals surface area contributed by atoms with E-state index >= 15 is 0 Å². The standard InChI is InChI=1S/C15H19N5OS/c1-9-7-13(10(2)19(9)11-3-4-11)14(21)8-22-15-16-17-18-20(15)12-5-6-12/h7,11-12H,3-6,8H2,1-2H3. The van der Waals surface area contributed by atoms with Gasteiger partial charge in [-0.2, -0.15) is 0 Å². The molecule has 7 heteroatoms. The van der Waals surface area contributed by atoms with Gasteiger partial charge in [-0.1, -0.05) is 11.8 Å². The molecule has 0 aliphatic heterocycles. The first-order valence-electron chi connectivity index (χ1n) is 7.77. The van der Waals surface area contributed by atoms with Gasteiger partial charge < -0.3 is 4.57 Å². The Labute approximate surface area is 133 Å². The summed E-state index contributed by atoms with van der Waals surface area (Å²) in [6.45, 7) is 4.14. The predicted octanol–water partition coefficient (Wildman–Crippen LogP) is 2.74. The summed E-state index contributed by atoms with van der Waals surface area (Å²) in [6.07, 6.45) is 4.73. The first kappa shape index (κ1) is 14.0. The average Bonchev–Trinajstić information content (AvgIpc) is 3.42. The average molecular weight is 317 g/mol. The second-order valence-corrected chi connectivity index (χ2v) is 7.18. The molecule has 0 radical (unpaired) electrons. The number of hydrogen-bond acceptors (Lipinski definition) is 5. The Hall–Kier alpha value is -1.63. The van der Waals surface area contributed by atoms with Crippen LogP contribution in [0, 0.1) is 13.8 Å². The predicted molar refractivity (Wildman–Crippen MR) is 83.3 cm³/mol. The van der Waals surface area contributed by atoms with Crippen molar-refractivity contribution in [3.8, 4) is 0 Å². The van der Waals surface area contributed by atoms with Crippen molar-refractivity contribution in [2.24, 2.45) is 0 Å². The lowest BCUT2D eigenvalue weighted by Crippen LogP contribution is -2.07. The first-order valence-corrected chi connectivity index (χ1v) is 8.76. The Morgan fingerprint density at radius 3 is 2.68 bits per heavy atom. The molecule has 2 aliphatic carbocycles. The van der Waals surface area contributed by atoms with E-state index in [2.05, 4.69) is 33.9 Å². The van der Waals surface area contributed by atoms with Crippen LogP contribution in [0.4, 0.5) is 0 Å². The number of nitrogens with zero attached hydrogens (tertiary/aromatic N) is 5. The van der Waals surface area contributed by atoms with E-state index in [4.69, 9.17) is 0 Å². The molecule has 4 rings (SSSR count). The number of aromatic nitrogens is 5. The summed E-state index contributed by atoms with van der Waals surface area (Å²) in [5.74, 6) is 0.553. The summed E-state index contributed by atoms with van der Waals surface area (Å²) < 4.78 is 4.16. The number of aryl methyl sites for hydroxylation is 1. The highest BCUT2D eigenvalue weighted by atomic mass is 32.2. The van der Waals surface area contributed by atoms with Crippen LogP contribution in [0.1, 0.15) is 59.5 Å². The fourth-order valence-corrected chi connectivity index (χ4v) is 3.82. The third kappa shape index (κ3) is 2.47. The summed E-state index contributed by atoms with van der Waals surface area (Å²) in [5, 5.41) is 12.5. The van der Waals surface area contributed by atoms with Crippen LogP contribution >= 0.6 is 11.8 Å². The minimum Gasteiger partial charge on any atom is -0.345 e. The highest BCUT2D eigenvalue weighted by molar-refractivity contribution is 7.99. The van der Waals surface area contributed by atoms with Gasteiger partial charge in [0.15, 0.2) is 5.78 Å². The van der Waals surface area contributed by atoms with Gasteiger partial charge in [0, 0.05) is 23.0 Å². The van der Waals surface area contributed by atoms with Gasteiger partial charge in [0.25, 0.3) is 0 Å². The van der Waals surface area contributed by atoms with E-state index in [9.17, 15) is 4.79 Å². The molecule has 0 unspecified atom stereocenters. The lowest BCUT2D eigenvalue weighted by molar-refractivity contribution is 0.102. The molecule has 2 aromatic heterocycles. The zero-order chi connectivity index (χ0) is 15.3. The molecular formula is C15H19N5OS. The van der Waals surface area contributed by atoms with Crippen molar-refractivity contribution in [2.75, 3.05) is 5.75 Å². The number of rotatable bonds is 6. The Balaban J connectivity index is 1.48.